The van der Waals surface area contributed by atoms with Gasteiger partial charge in [0.1, 0.15) is 0 Å². The molecule has 0 radical (unpaired) electrons. The maximum Gasteiger partial charge on any atom is 0.0460 e. The zero-order valence-corrected chi connectivity index (χ0v) is 8.67. The van der Waals surface area contributed by atoms with Gasteiger partial charge in [-0.3, -0.25) is 4.90 Å². The lowest BCUT2D eigenvalue weighted by Gasteiger charge is -2.46. The second kappa shape index (κ2) is 3.35. The molecule has 0 bridgehead atoms. The fraction of sp³-hybridized carbons (Fsp3) is 1.00. The average Bonchev–Trinajstić information content (AvgIpc) is 1.83. The van der Waals surface area contributed by atoms with Gasteiger partial charge in [0.15, 0.2) is 0 Å². The highest BCUT2D eigenvalue weighted by Gasteiger charge is 2.35. The van der Waals surface area contributed by atoms with Gasteiger partial charge >= 0.3 is 0 Å². The number of rotatable bonds is 2. The summed E-state index contributed by atoms with van der Waals surface area (Å²) in [5.41, 5.74) is 0.269. The molecular weight excluding hydrogens is 150 g/mol. The van der Waals surface area contributed by atoms with Crippen molar-refractivity contribution in [1.29, 1.82) is 0 Å². The third kappa shape index (κ3) is 1.99. The topological polar surface area (TPSA) is 23.5 Å². The van der Waals surface area contributed by atoms with Gasteiger partial charge in [0.05, 0.1) is 0 Å². The van der Waals surface area contributed by atoms with Crippen molar-refractivity contribution in [2.24, 2.45) is 5.92 Å². The van der Waals surface area contributed by atoms with Gasteiger partial charge in [-0.05, 0) is 46.6 Å². The fourth-order valence-corrected chi connectivity index (χ4v) is 1.71. The van der Waals surface area contributed by atoms with Crippen molar-refractivity contribution in [2.75, 3.05) is 13.7 Å². The number of nitrogens with zero attached hydrogens (tertiary/aromatic N) is 1. The summed E-state index contributed by atoms with van der Waals surface area (Å²) in [5.74, 6) is 0.569. The van der Waals surface area contributed by atoms with Gasteiger partial charge in [-0.2, -0.15) is 0 Å². The Kier molecular flexibility index (Phi) is 2.79. The molecule has 0 aliphatic heterocycles. The molecule has 12 heavy (non-hydrogen) atoms. The van der Waals surface area contributed by atoms with Crippen LogP contribution in [0.25, 0.3) is 0 Å². The van der Waals surface area contributed by atoms with Crippen LogP contribution in [0.4, 0.5) is 0 Å². The van der Waals surface area contributed by atoms with Gasteiger partial charge in [-0.25, -0.2) is 0 Å². The molecule has 1 fully saturated rings. The van der Waals surface area contributed by atoms with Crippen LogP contribution in [0.5, 0.6) is 0 Å². The fourth-order valence-electron chi connectivity index (χ4n) is 1.71. The smallest absolute Gasteiger partial charge is 0.0460 e. The number of aliphatic hydroxyl groups is 1. The molecule has 0 aromatic carbocycles. The largest absolute Gasteiger partial charge is 0.396 e. The van der Waals surface area contributed by atoms with Crippen LogP contribution >= 0.6 is 0 Å². The van der Waals surface area contributed by atoms with Gasteiger partial charge in [0, 0.05) is 18.2 Å². The zero-order valence-electron chi connectivity index (χ0n) is 8.67. The summed E-state index contributed by atoms with van der Waals surface area (Å²) < 4.78 is 0. The highest BCUT2D eigenvalue weighted by molar-refractivity contribution is 4.90. The van der Waals surface area contributed by atoms with Crippen molar-refractivity contribution >= 4 is 0 Å². The molecule has 1 aliphatic rings. The second-order valence-electron chi connectivity index (χ2n) is 4.96. The predicted octanol–water partition coefficient (Wildman–Crippen LogP) is 1.49. The molecule has 1 aliphatic carbocycles. The molecule has 0 atom stereocenters. The Morgan fingerprint density at radius 1 is 1.33 bits per heavy atom. The third-order valence-corrected chi connectivity index (χ3v) is 3.07. The van der Waals surface area contributed by atoms with E-state index in [4.69, 9.17) is 5.11 Å². The van der Waals surface area contributed by atoms with Crippen molar-refractivity contribution in [3.05, 3.63) is 0 Å². The Balaban J connectivity index is 2.33. The highest BCUT2D eigenvalue weighted by atomic mass is 16.3. The molecule has 0 saturated heterocycles. The lowest BCUT2D eigenvalue weighted by molar-refractivity contribution is 0.0124. The average molecular weight is 171 g/mol. The van der Waals surface area contributed by atoms with Crippen molar-refractivity contribution < 1.29 is 5.11 Å². The van der Waals surface area contributed by atoms with Gasteiger partial charge in [0.2, 0.25) is 0 Å². The second-order valence-corrected chi connectivity index (χ2v) is 4.96. The lowest BCUT2D eigenvalue weighted by Crippen LogP contribution is -2.51. The molecule has 1 N–H and O–H groups in total. The van der Waals surface area contributed by atoms with E-state index in [-0.39, 0.29) is 5.54 Å². The monoisotopic (exact) mass is 171 g/mol. The van der Waals surface area contributed by atoms with Crippen LogP contribution in [0.1, 0.15) is 33.6 Å². The number of hydrogen-bond donors (Lipinski definition) is 1. The van der Waals surface area contributed by atoms with E-state index in [1.807, 2.05) is 0 Å². The van der Waals surface area contributed by atoms with Crippen molar-refractivity contribution in [1.82, 2.24) is 4.90 Å². The maximum absolute atomic E-state index is 8.87. The molecule has 1 rings (SSSR count). The minimum atomic E-state index is 0.269. The SMILES string of the molecule is CN(C1CC(CO)C1)C(C)(C)C. The maximum atomic E-state index is 8.87. The summed E-state index contributed by atoms with van der Waals surface area (Å²) in [4.78, 5) is 2.42. The molecule has 0 aromatic rings. The minimum Gasteiger partial charge on any atom is -0.396 e. The summed E-state index contributed by atoms with van der Waals surface area (Å²) in [5, 5.41) is 8.87. The van der Waals surface area contributed by atoms with E-state index >= 15 is 0 Å². The Morgan fingerprint density at radius 3 is 2.17 bits per heavy atom. The van der Waals surface area contributed by atoms with Crippen LogP contribution in [0, 0.1) is 5.92 Å². The van der Waals surface area contributed by atoms with Crippen LogP contribution in [0.3, 0.4) is 0 Å². The van der Waals surface area contributed by atoms with E-state index in [9.17, 15) is 0 Å². The van der Waals surface area contributed by atoms with Crippen molar-refractivity contribution in [3.8, 4) is 0 Å². The third-order valence-electron chi connectivity index (χ3n) is 3.07. The van der Waals surface area contributed by atoms with Crippen LogP contribution in [0.15, 0.2) is 0 Å². The number of aliphatic hydroxyl groups excluding tert-OH is 1. The van der Waals surface area contributed by atoms with E-state index < -0.39 is 0 Å². The van der Waals surface area contributed by atoms with Gasteiger partial charge < -0.3 is 5.11 Å². The van der Waals surface area contributed by atoms with E-state index in [0.717, 1.165) is 0 Å². The van der Waals surface area contributed by atoms with Crippen LogP contribution < -0.4 is 0 Å². The van der Waals surface area contributed by atoms with E-state index in [2.05, 4.69) is 32.7 Å². The molecule has 2 nitrogen and oxygen atoms in total. The first-order chi connectivity index (χ1) is 5.45. The predicted molar refractivity (Wildman–Crippen MR) is 51.1 cm³/mol. The first-order valence-electron chi connectivity index (χ1n) is 4.79. The standard InChI is InChI=1S/C10H21NO/c1-10(2,3)11(4)9-5-8(6-9)7-12/h8-9,12H,5-7H2,1-4H3. The quantitative estimate of drug-likeness (QED) is 0.680. The summed E-state index contributed by atoms with van der Waals surface area (Å²) in [6.07, 6.45) is 2.34. The first kappa shape index (κ1) is 10.0. The van der Waals surface area contributed by atoms with Crippen LogP contribution in [-0.4, -0.2) is 35.2 Å². The van der Waals surface area contributed by atoms with E-state index in [0.29, 0.717) is 18.6 Å². The van der Waals surface area contributed by atoms with Gasteiger partial charge in [0.25, 0.3) is 0 Å². The highest BCUT2D eigenvalue weighted by Crippen LogP contribution is 2.33. The minimum absolute atomic E-state index is 0.269. The molecule has 0 unspecified atom stereocenters. The number of hydrogen-bond acceptors (Lipinski definition) is 2. The molecule has 2 heteroatoms. The Bertz CT molecular complexity index is 144. The lowest BCUT2D eigenvalue weighted by atomic mass is 9.78. The van der Waals surface area contributed by atoms with Crippen molar-refractivity contribution in [3.63, 3.8) is 0 Å². The molecule has 72 valence electrons. The molecule has 1 saturated carbocycles. The molecule has 0 amide bonds. The summed E-state index contributed by atoms with van der Waals surface area (Å²) in [6, 6.07) is 0.696. The summed E-state index contributed by atoms with van der Waals surface area (Å²) in [7, 11) is 2.18. The summed E-state index contributed by atoms with van der Waals surface area (Å²) >= 11 is 0. The van der Waals surface area contributed by atoms with Crippen LogP contribution in [-0.2, 0) is 0 Å². The summed E-state index contributed by atoms with van der Waals surface area (Å²) in [6.45, 7) is 7.08. The molecular formula is C10H21NO. The van der Waals surface area contributed by atoms with E-state index in [1.165, 1.54) is 12.8 Å². The Labute approximate surface area is 75.6 Å². The van der Waals surface area contributed by atoms with Gasteiger partial charge in [-0.15, -0.1) is 0 Å². The van der Waals surface area contributed by atoms with E-state index in [1.54, 1.807) is 0 Å². The molecule has 0 spiro atoms. The van der Waals surface area contributed by atoms with Crippen LogP contribution in [0.2, 0.25) is 0 Å². The first-order valence-corrected chi connectivity index (χ1v) is 4.79. The normalized spacial score (nSPS) is 30.5. The van der Waals surface area contributed by atoms with Crippen molar-refractivity contribution in [2.45, 2.75) is 45.2 Å². The Hall–Kier alpha value is -0.0800. The molecule has 0 heterocycles. The van der Waals surface area contributed by atoms with Gasteiger partial charge in [-0.1, -0.05) is 0 Å². The Morgan fingerprint density at radius 2 is 1.83 bits per heavy atom. The molecule has 0 aromatic heterocycles. The zero-order chi connectivity index (χ0) is 9.35.